The van der Waals surface area contributed by atoms with E-state index in [-0.39, 0.29) is 11.4 Å². The lowest BCUT2D eigenvalue weighted by atomic mass is 9.85. The molecule has 4 heteroatoms. The molecule has 20 heavy (non-hydrogen) atoms. The topological polar surface area (TPSA) is 20.2 Å². The standard InChI is InChI=1S/C16H15ClF2O/c1-2-16(20,12-4-3-5-13(18)9-12)10-11-6-7-14(17)15(19)8-11/h3-9,20H,2,10H2,1H3. The monoisotopic (exact) mass is 296 g/mol. The van der Waals surface area contributed by atoms with Crippen LogP contribution in [0.3, 0.4) is 0 Å². The molecule has 0 spiro atoms. The lowest BCUT2D eigenvalue weighted by molar-refractivity contribution is 0.0324. The minimum absolute atomic E-state index is 0.0412. The Kier molecular flexibility index (Phi) is 4.41. The molecule has 1 atom stereocenters. The molecule has 0 fully saturated rings. The summed E-state index contributed by atoms with van der Waals surface area (Å²) >= 11 is 5.64. The van der Waals surface area contributed by atoms with Gasteiger partial charge in [0.15, 0.2) is 0 Å². The normalized spacial score (nSPS) is 14.1. The molecule has 0 saturated carbocycles. The molecule has 0 radical (unpaired) electrons. The molecule has 0 amide bonds. The Morgan fingerprint density at radius 1 is 1.15 bits per heavy atom. The van der Waals surface area contributed by atoms with Crippen molar-refractivity contribution in [2.75, 3.05) is 0 Å². The summed E-state index contributed by atoms with van der Waals surface area (Å²) in [5.41, 5.74) is -0.140. The fourth-order valence-corrected chi connectivity index (χ4v) is 2.31. The Hall–Kier alpha value is -1.45. The first-order valence-electron chi connectivity index (χ1n) is 6.37. The van der Waals surface area contributed by atoms with Crippen LogP contribution < -0.4 is 0 Å². The summed E-state index contributed by atoms with van der Waals surface area (Å²) < 4.78 is 26.8. The third-order valence-electron chi connectivity index (χ3n) is 3.43. The van der Waals surface area contributed by atoms with Crippen LogP contribution in [0.1, 0.15) is 24.5 Å². The number of halogens is 3. The van der Waals surface area contributed by atoms with Gasteiger partial charge in [0.1, 0.15) is 11.6 Å². The highest BCUT2D eigenvalue weighted by Gasteiger charge is 2.28. The van der Waals surface area contributed by atoms with Crippen molar-refractivity contribution in [3.8, 4) is 0 Å². The molecular formula is C16H15ClF2O. The number of hydrogen-bond donors (Lipinski definition) is 1. The minimum Gasteiger partial charge on any atom is -0.385 e. The molecule has 2 aromatic rings. The zero-order chi connectivity index (χ0) is 14.8. The van der Waals surface area contributed by atoms with E-state index < -0.39 is 17.2 Å². The smallest absolute Gasteiger partial charge is 0.142 e. The van der Waals surface area contributed by atoms with Gasteiger partial charge in [-0.05, 0) is 41.8 Å². The van der Waals surface area contributed by atoms with E-state index in [0.717, 1.165) is 0 Å². The van der Waals surface area contributed by atoms with Crippen LogP contribution in [0.2, 0.25) is 5.02 Å². The third kappa shape index (κ3) is 3.17. The van der Waals surface area contributed by atoms with E-state index in [1.807, 2.05) is 0 Å². The highest BCUT2D eigenvalue weighted by atomic mass is 35.5. The number of aliphatic hydroxyl groups is 1. The van der Waals surface area contributed by atoms with Gasteiger partial charge < -0.3 is 5.11 Å². The van der Waals surface area contributed by atoms with Crippen LogP contribution >= 0.6 is 11.6 Å². The second-order valence-electron chi connectivity index (χ2n) is 4.82. The molecule has 2 rings (SSSR count). The summed E-state index contributed by atoms with van der Waals surface area (Å²) in [6.07, 6.45) is 0.585. The molecule has 106 valence electrons. The van der Waals surface area contributed by atoms with Crippen LogP contribution in [0.4, 0.5) is 8.78 Å². The zero-order valence-electron chi connectivity index (χ0n) is 11.0. The van der Waals surface area contributed by atoms with E-state index in [4.69, 9.17) is 11.6 Å². The Balaban J connectivity index is 2.33. The molecule has 0 saturated heterocycles. The predicted octanol–water partition coefficient (Wildman–Crippen LogP) is 4.46. The molecule has 1 nitrogen and oxygen atoms in total. The van der Waals surface area contributed by atoms with E-state index in [1.54, 1.807) is 25.1 Å². The first-order valence-corrected chi connectivity index (χ1v) is 6.75. The molecule has 0 aliphatic rings. The molecule has 1 unspecified atom stereocenters. The quantitative estimate of drug-likeness (QED) is 0.883. The fourth-order valence-electron chi connectivity index (χ4n) is 2.20. The van der Waals surface area contributed by atoms with Crippen LogP contribution in [0, 0.1) is 11.6 Å². The Morgan fingerprint density at radius 3 is 2.50 bits per heavy atom. The van der Waals surface area contributed by atoms with Gasteiger partial charge in [-0.1, -0.05) is 36.7 Å². The van der Waals surface area contributed by atoms with Crippen LogP contribution in [0.25, 0.3) is 0 Å². The fraction of sp³-hybridized carbons (Fsp3) is 0.250. The Morgan fingerprint density at radius 2 is 1.90 bits per heavy atom. The van der Waals surface area contributed by atoms with Crippen molar-refractivity contribution in [3.63, 3.8) is 0 Å². The minimum atomic E-state index is -1.23. The van der Waals surface area contributed by atoms with Crippen molar-refractivity contribution in [1.29, 1.82) is 0 Å². The van der Waals surface area contributed by atoms with Crippen LogP contribution in [-0.2, 0) is 12.0 Å². The predicted molar refractivity (Wildman–Crippen MR) is 75.7 cm³/mol. The molecule has 0 aliphatic carbocycles. The Labute approximate surface area is 121 Å². The highest BCUT2D eigenvalue weighted by Crippen LogP contribution is 2.30. The van der Waals surface area contributed by atoms with Crippen molar-refractivity contribution >= 4 is 11.6 Å². The maximum Gasteiger partial charge on any atom is 0.142 e. The molecule has 2 aromatic carbocycles. The van der Waals surface area contributed by atoms with Crippen LogP contribution in [0.15, 0.2) is 42.5 Å². The average molecular weight is 297 g/mol. The number of rotatable bonds is 4. The van der Waals surface area contributed by atoms with Crippen molar-refractivity contribution < 1.29 is 13.9 Å². The van der Waals surface area contributed by atoms with Gasteiger partial charge in [-0.3, -0.25) is 0 Å². The average Bonchev–Trinajstić information content (AvgIpc) is 2.43. The molecule has 0 aliphatic heterocycles. The molecular weight excluding hydrogens is 282 g/mol. The van der Waals surface area contributed by atoms with Crippen molar-refractivity contribution in [1.82, 2.24) is 0 Å². The van der Waals surface area contributed by atoms with Gasteiger partial charge in [0.2, 0.25) is 0 Å². The zero-order valence-corrected chi connectivity index (χ0v) is 11.8. The summed E-state index contributed by atoms with van der Waals surface area (Å²) in [6, 6.07) is 10.2. The van der Waals surface area contributed by atoms with Crippen LogP contribution in [0.5, 0.6) is 0 Å². The summed E-state index contributed by atoms with van der Waals surface area (Å²) in [5.74, 6) is -0.932. The van der Waals surface area contributed by atoms with Crippen LogP contribution in [-0.4, -0.2) is 5.11 Å². The summed E-state index contributed by atoms with van der Waals surface area (Å²) in [7, 11) is 0. The van der Waals surface area contributed by atoms with Gasteiger partial charge in [-0.15, -0.1) is 0 Å². The second kappa shape index (κ2) is 5.90. The van der Waals surface area contributed by atoms with Crippen molar-refractivity contribution in [2.24, 2.45) is 0 Å². The molecule has 0 bridgehead atoms. The van der Waals surface area contributed by atoms with E-state index in [0.29, 0.717) is 17.5 Å². The van der Waals surface area contributed by atoms with Gasteiger partial charge >= 0.3 is 0 Å². The molecule has 1 N–H and O–H groups in total. The lowest BCUT2D eigenvalue weighted by Gasteiger charge is -2.27. The Bertz CT molecular complexity index is 615. The summed E-state index contributed by atoms with van der Waals surface area (Å²) in [4.78, 5) is 0. The largest absolute Gasteiger partial charge is 0.385 e. The van der Waals surface area contributed by atoms with Gasteiger partial charge in [0.05, 0.1) is 10.6 Å². The molecule has 0 heterocycles. The highest BCUT2D eigenvalue weighted by molar-refractivity contribution is 6.30. The van der Waals surface area contributed by atoms with E-state index in [9.17, 15) is 13.9 Å². The lowest BCUT2D eigenvalue weighted by Crippen LogP contribution is -2.27. The van der Waals surface area contributed by atoms with Gasteiger partial charge in [-0.25, -0.2) is 8.78 Å². The van der Waals surface area contributed by atoms with Gasteiger partial charge in [-0.2, -0.15) is 0 Å². The summed E-state index contributed by atoms with van der Waals surface area (Å²) in [5, 5.41) is 10.7. The number of benzene rings is 2. The maximum absolute atomic E-state index is 13.5. The third-order valence-corrected chi connectivity index (χ3v) is 3.73. The van der Waals surface area contributed by atoms with Crippen molar-refractivity contribution in [2.45, 2.75) is 25.4 Å². The van der Waals surface area contributed by atoms with E-state index in [1.165, 1.54) is 24.3 Å². The SMILES string of the molecule is CCC(O)(Cc1ccc(Cl)c(F)c1)c1cccc(F)c1. The number of hydrogen-bond acceptors (Lipinski definition) is 1. The van der Waals surface area contributed by atoms with Gasteiger partial charge in [0.25, 0.3) is 0 Å². The van der Waals surface area contributed by atoms with E-state index in [2.05, 4.69) is 0 Å². The van der Waals surface area contributed by atoms with Gasteiger partial charge in [0, 0.05) is 6.42 Å². The maximum atomic E-state index is 13.5. The summed E-state index contributed by atoms with van der Waals surface area (Å²) in [6.45, 7) is 1.80. The second-order valence-corrected chi connectivity index (χ2v) is 5.23. The first kappa shape index (κ1) is 14.9. The van der Waals surface area contributed by atoms with E-state index >= 15 is 0 Å². The molecule has 0 aromatic heterocycles. The van der Waals surface area contributed by atoms with Crippen molar-refractivity contribution in [3.05, 3.63) is 70.2 Å². The first-order chi connectivity index (χ1) is 9.44.